The summed E-state index contributed by atoms with van der Waals surface area (Å²) in [5, 5.41) is 29.4. The van der Waals surface area contributed by atoms with Crippen LogP contribution in [0.25, 0.3) is 11.2 Å². The van der Waals surface area contributed by atoms with Crippen molar-refractivity contribution in [2.45, 2.75) is 88.0 Å². The van der Waals surface area contributed by atoms with Gasteiger partial charge < -0.3 is 44.1 Å². The Morgan fingerprint density at radius 3 is 2.02 bits per heavy atom. The number of aliphatic hydroxyl groups is 2. The Kier molecular flexibility index (Phi) is 11.5. The van der Waals surface area contributed by atoms with E-state index < -0.39 is 67.8 Å². The number of imidazole rings is 1. The monoisotopic (exact) mass is 792 g/mol. The summed E-state index contributed by atoms with van der Waals surface area (Å²) in [5.41, 5.74) is 5.37. The summed E-state index contributed by atoms with van der Waals surface area (Å²) in [4.78, 5) is 42.2. The van der Waals surface area contributed by atoms with E-state index in [1.54, 1.807) is 25.3 Å². The number of nitrogens with two attached hydrogens (primary N) is 1. The molecular weight excluding hydrogens is 743 g/mol. The second kappa shape index (κ2) is 16.2. The molecular formula is C38H49N8O9P. The fraction of sp³-hybridized carbons (Fsp3) is 0.500. The number of esters is 2. The molecule has 0 spiro atoms. The average Bonchev–Trinajstić information content (AvgIpc) is 3.71. The van der Waals surface area contributed by atoms with Crippen LogP contribution < -0.4 is 20.8 Å². The highest BCUT2D eigenvalue weighted by Gasteiger charge is 2.85. The van der Waals surface area contributed by atoms with Crippen molar-refractivity contribution in [3.05, 3.63) is 78.1 Å². The quantitative estimate of drug-likeness (QED) is 0.0765. The molecule has 0 amide bonds. The molecule has 7 rings (SSSR count). The molecule has 1 saturated carbocycles. The number of benzene rings is 2. The highest BCUT2D eigenvalue weighted by molar-refractivity contribution is 7.54. The molecule has 4 aromatic rings. The third kappa shape index (κ3) is 7.64. The lowest BCUT2D eigenvalue weighted by molar-refractivity contribution is -0.145. The molecule has 300 valence electrons. The summed E-state index contributed by atoms with van der Waals surface area (Å²) in [6, 6.07) is 15.0. The Hall–Kier alpha value is -4.48. The van der Waals surface area contributed by atoms with Gasteiger partial charge >= 0.3 is 19.6 Å². The number of aromatic nitrogens is 4. The number of nitrogens with zero attached hydrogens (tertiary/aromatic N) is 5. The van der Waals surface area contributed by atoms with Crippen molar-refractivity contribution in [2.75, 3.05) is 43.5 Å². The number of anilines is 2. The van der Waals surface area contributed by atoms with Crippen molar-refractivity contribution in [3.8, 4) is 0 Å². The van der Waals surface area contributed by atoms with Crippen molar-refractivity contribution in [2.24, 2.45) is 0 Å². The smallest absolute Gasteiger partial charge is 0.342 e. The zero-order chi connectivity index (χ0) is 39.7. The van der Waals surface area contributed by atoms with E-state index in [0.29, 0.717) is 17.0 Å². The third-order valence-electron chi connectivity index (χ3n) is 10.7. The van der Waals surface area contributed by atoms with E-state index in [1.807, 2.05) is 60.7 Å². The average molecular weight is 793 g/mol. The lowest BCUT2D eigenvalue weighted by Crippen LogP contribution is -2.47. The van der Waals surface area contributed by atoms with Gasteiger partial charge in [0.2, 0.25) is 5.95 Å². The van der Waals surface area contributed by atoms with E-state index in [4.69, 9.17) is 24.5 Å². The van der Waals surface area contributed by atoms with E-state index in [1.165, 1.54) is 6.33 Å². The molecule has 2 aliphatic heterocycles. The lowest BCUT2D eigenvalue weighted by atomic mass is 10.1. The molecule has 3 aliphatic rings. The van der Waals surface area contributed by atoms with Crippen LogP contribution in [-0.4, -0.2) is 110 Å². The molecule has 3 fully saturated rings. The molecule has 6 N–H and O–H groups in total. The van der Waals surface area contributed by atoms with Gasteiger partial charge in [-0.25, -0.2) is 15.2 Å². The summed E-state index contributed by atoms with van der Waals surface area (Å²) >= 11 is 0. The van der Waals surface area contributed by atoms with Gasteiger partial charge in [-0.1, -0.05) is 60.7 Å². The molecule has 7 atom stereocenters. The zero-order valence-corrected chi connectivity index (χ0v) is 32.5. The van der Waals surface area contributed by atoms with Gasteiger partial charge in [-0.15, -0.1) is 0 Å². The summed E-state index contributed by atoms with van der Waals surface area (Å²) in [6.07, 6.45) is 0.993. The van der Waals surface area contributed by atoms with E-state index in [0.717, 1.165) is 37.1 Å². The number of hydrogen-bond acceptors (Lipinski definition) is 14. The van der Waals surface area contributed by atoms with Crippen LogP contribution in [0.4, 0.5) is 11.8 Å². The molecule has 4 heterocycles. The van der Waals surface area contributed by atoms with Crippen LogP contribution in [0.1, 0.15) is 50.8 Å². The van der Waals surface area contributed by atoms with Gasteiger partial charge in [0.05, 0.1) is 26.1 Å². The van der Waals surface area contributed by atoms with E-state index in [9.17, 15) is 19.8 Å². The predicted octanol–water partition coefficient (Wildman–Crippen LogP) is 2.47. The summed E-state index contributed by atoms with van der Waals surface area (Å²) in [6.45, 7) is 6.20. The highest BCUT2D eigenvalue weighted by atomic mass is 31.2. The standard InChI is InChI=1S/C38H49N8O9P/c1-4-52-33(48)26(20-24-14-8-6-9-15-24)43-56(51,44-27(34(49)53-5-2)21-25-16-10-7-11-17-25)54-22-28-30(47)38(50)35(37(38,3)55-28)46-23-40-29-31(45-18-12-13-19-45)41-36(39)42-32(29)46/h6-11,14-17,23,26-28,30,35,47,50H,4-5,12-13,18-22H2,1-3H3,(H2,39,41,42)(H2,43,44,51). The minimum atomic E-state index is -4.43. The molecule has 2 saturated heterocycles. The Morgan fingerprint density at radius 1 is 0.964 bits per heavy atom. The SMILES string of the molecule is CCOC(=O)C(Cc1ccccc1)NP(=O)(NC(Cc1ccccc1)C(=O)OCC)OCC1OC2(C)C(n3cnc4c(N5CCCC5)nc(N)nc43)C2(O)C1O. The number of aliphatic hydroxyl groups excluding tert-OH is 1. The molecule has 7 unspecified atom stereocenters. The summed E-state index contributed by atoms with van der Waals surface area (Å²) in [7, 11) is -4.43. The van der Waals surface area contributed by atoms with Gasteiger partial charge in [-0.05, 0) is 57.6 Å². The molecule has 2 aromatic heterocycles. The Labute approximate surface area is 324 Å². The molecule has 18 heteroatoms. The van der Waals surface area contributed by atoms with Crippen molar-refractivity contribution >= 4 is 42.5 Å². The van der Waals surface area contributed by atoms with Crippen LogP contribution in [0.5, 0.6) is 0 Å². The van der Waals surface area contributed by atoms with Gasteiger partial charge in [0.15, 0.2) is 17.0 Å². The Balaban J connectivity index is 1.14. The van der Waals surface area contributed by atoms with Gasteiger partial charge in [0.25, 0.3) is 0 Å². The second-order valence-corrected chi connectivity index (χ2v) is 16.3. The topological polar surface area (TPSA) is 226 Å². The molecule has 17 nitrogen and oxygen atoms in total. The maximum absolute atomic E-state index is 15.0. The van der Waals surface area contributed by atoms with Crippen LogP contribution >= 0.6 is 7.67 Å². The van der Waals surface area contributed by atoms with Crippen molar-refractivity contribution < 1.29 is 43.1 Å². The molecule has 1 aliphatic carbocycles. The lowest BCUT2D eigenvalue weighted by Gasteiger charge is -2.30. The van der Waals surface area contributed by atoms with E-state index in [2.05, 4.69) is 30.0 Å². The van der Waals surface area contributed by atoms with Gasteiger partial charge in [-0.2, -0.15) is 9.97 Å². The number of carbonyl (C=O) groups excluding carboxylic acids is 2. The van der Waals surface area contributed by atoms with E-state index >= 15 is 4.57 Å². The number of fused-ring (bicyclic) bond motifs is 2. The maximum Gasteiger partial charge on any atom is 0.342 e. The fourth-order valence-electron chi connectivity index (χ4n) is 7.96. The van der Waals surface area contributed by atoms with Crippen LogP contribution in [0, 0.1) is 0 Å². The third-order valence-corrected chi connectivity index (χ3v) is 12.5. The molecule has 0 bridgehead atoms. The van der Waals surface area contributed by atoms with E-state index in [-0.39, 0.29) is 32.0 Å². The first-order valence-corrected chi connectivity index (χ1v) is 20.6. The minimum Gasteiger partial charge on any atom is -0.465 e. The van der Waals surface area contributed by atoms with Gasteiger partial charge in [-0.3, -0.25) is 14.2 Å². The second-order valence-electron chi connectivity index (χ2n) is 14.5. The van der Waals surface area contributed by atoms with Gasteiger partial charge in [0.1, 0.15) is 41.5 Å². The first kappa shape index (κ1) is 39.7. The largest absolute Gasteiger partial charge is 0.465 e. The molecule has 0 radical (unpaired) electrons. The number of hydrogen-bond donors (Lipinski definition) is 5. The number of carbonyl (C=O) groups is 2. The van der Waals surface area contributed by atoms with Crippen LogP contribution in [0.15, 0.2) is 67.0 Å². The van der Waals surface area contributed by atoms with Crippen molar-refractivity contribution in [3.63, 3.8) is 0 Å². The van der Waals surface area contributed by atoms with Crippen molar-refractivity contribution in [1.29, 1.82) is 0 Å². The van der Waals surface area contributed by atoms with Crippen LogP contribution in [-0.2, 0) is 45.7 Å². The summed E-state index contributed by atoms with van der Waals surface area (Å²) in [5.74, 6) is -0.720. The molecule has 2 aromatic carbocycles. The Morgan fingerprint density at radius 2 is 1.52 bits per heavy atom. The molecule has 56 heavy (non-hydrogen) atoms. The number of nitrogen functional groups attached to an aromatic ring is 1. The fourth-order valence-corrected chi connectivity index (χ4v) is 9.76. The normalized spacial score (nSPS) is 26.4. The van der Waals surface area contributed by atoms with Gasteiger partial charge in [0, 0.05) is 13.1 Å². The van der Waals surface area contributed by atoms with Crippen molar-refractivity contribution in [1.82, 2.24) is 29.7 Å². The predicted molar refractivity (Wildman–Crippen MR) is 205 cm³/mol. The number of rotatable bonds is 17. The minimum absolute atomic E-state index is 0.0503. The zero-order valence-electron chi connectivity index (χ0n) is 31.6. The van der Waals surface area contributed by atoms with Crippen LogP contribution in [0.2, 0.25) is 0 Å². The summed E-state index contributed by atoms with van der Waals surface area (Å²) < 4.78 is 39.8. The number of nitrogens with one attached hydrogen (secondary N) is 2. The highest BCUT2D eigenvalue weighted by Crippen LogP contribution is 2.68. The Bertz CT molecular complexity index is 2000. The number of ether oxygens (including phenoxy) is 3. The first-order valence-electron chi connectivity index (χ1n) is 18.9. The first-order chi connectivity index (χ1) is 26.9. The maximum atomic E-state index is 15.0. The van der Waals surface area contributed by atoms with Crippen LogP contribution in [0.3, 0.4) is 0 Å².